The predicted octanol–water partition coefficient (Wildman–Crippen LogP) is 5.12. The standard InChI is InChI=1S/C11H18BNS.2C2H6/c1-8-10(13(4)9(2)14)6-5-7-11(8,3)12;2*1-2/h5-7H2,1-4H3;2*1-2H3. The average Bonchev–Trinajstić information content (AvgIpc) is 2.36. The minimum Gasteiger partial charge on any atom is -0.343 e. The van der Waals surface area contributed by atoms with E-state index in [0.717, 1.165) is 24.3 Å². The van der Waals surface area contributed by atoms with Crippen molar-refractivity contribution in [3.8, 4) is 0 Å². The quantitative estimate of drug-likeness (QED) is 0.479. The zero-order valence-corrected chi connectivity index (χ0v) is 14.4. The Morgan fingerprint density at radius 2 is 1.72 bits per heavy atom. The maximum atomic E-state index is 6.22. The van der Waals surface area contributed by atoms with Gasteiger partial charge in [-0.25, -0.2) is 0 Å². The van der Waals surface area contributed by atoms with Crippen LogP contribution in [-0.4, -0.2) is 24.8 Å². The van der Waals surface area contributed by atoms with Gasteiger partial charge in [-0.2, -0.15) is 0 Å². The molecule has 0 aromatic carbocycles. The van der Waals surface area contributed by atoms with Gasteiger partial charge in [-0.3, -0.25) is 0 Å². The maximum absolute atomic E-state index is 6.22. The highest BCUT2D eigenvalue weighted by Crippen LogP contribution is 2.44. The van der Waals surface area contributed by atoms with E-state index in [9.17, 15) is 0 Å². The second kappa shape index (κ2) is 9.60. The fraction of sp³-hybridized carbons (Fsp3) is 0.800. The maximum Gasteiger partial charge on any atom is 0.0802 e. The van der Waals surface area contributed by atoms with E-state index in [0.29, 0.717) is 0 Å². The molecule has 104 valence electrons. The Hall–Kier alpha value is -0.305. The Labute approximate surface area is 121 Å². The van der Waals surface area contributed by atoms with Crippen LogP contribution in [0.5, 0.6) is 0 Å². The minimum absolute atomic E-state index is 0.146. The number of nitrogens with zero attached hydrogens (tertiary/aromatic N) is 1. The highest BCUT2D eigenvalue weighted by molar-refractivity contribution is 7.80. The van der Waals surface area contributed by atoms with Gasteiger partial charge in [-0.05, 0) is 32.0 Å². The van der Waals surface area contributed by atoms with Gasteiger partial charge in [-0.1, -0.05) is 58.8 Å². The van der Waals surface area contributed by atoms with Gasteiger partial charge in [0, 0.05) is 12.7 Å². The summed E-state index contributed by atoms with van der Waals surface area (Å²) < 4.78 is 0. The van der Waals surface area contributed by atoms with Crippen molar-refractivity contribution in [2.24, 2.45) is 0 Å². The van der Waals surface area contributed by atoms with E-state index in [2.05, 4.69) is 18.7 Å². The monoisotopic (exact) mass is 267 g/mol. The number of hydrogen-bond acceptors (Lipinski definition) is 1. The Bertz CT molecular complexity index is 282. The van der Waals surface area contributed by atoms with Crippen molar-refractivity contribution in [1.29, 1.82) is 0 Å². The van der Waals surface area contributed by atoms with Gasteiger partial charge in [0.25, 0.3) is 0 Å². The lowest BCUT2D eigenvalue weighted by atomic mass is 9.60. The summed E-state index contributed by atoms with van der Waals surface area (Å²) in [6.07, 6.45) is 3.34. The van der Waals surface area contributed by atoms with E-state index < -0.39 is 0 Å². The van der Waals surface area contributed by atoms with Crippen LogP contribution in [0.3, 0.4) is 0 Å². The molecular weight excluding hydrogens is 237 g/mol. The molecule has 2 radical (unpaired) electrons. The van der Waals surface area contributed by atoms with Crippen molar-refractivity contribution >= 4 is 25.1 Å². The predicted molar refractivity (Wildman–Crippen MR) is 89.4 cm³/mol. The Morgan fingerprint density at radius 3 is 2.11 bits per heavy atom. The SMILES string of the molecule is CC.CC.[B]C1(C)CCCC(N(C)C(C)=S)=C1C. The molecule has 0 saturated carbocycles. The second-order valence-electron chi connectivity index (χ2n) is 4.42. The van der Waals surface area contributed by atoms with E-state index >= 15 is 0 Å². The molecule has 1 rings (SSSR count). The van der Waals surface area contributed by atoms with Crippen LogP contribution in [0, 0.1) is 0 Å². The first-order chi connectivity index (χ1) is 8.36. The van der Waals surface area contributed by atoms with Crippen LogP contribution in [0.2, 0.25) is 5.31 Å². The third-order valence-electron chi connectivity index (χ3n) is 3.28. The summed E-state index contributed by atoms with van der Waals surface area (Å²) in [5.74, 6) is 0. The zero-order chi connectivity index (χ0) is 14.9. The summed E-state index contributed by atoms with van der Waals surface area (Å²) in [6.45, 7) is 14.2. The highest BCUT2D eigenvalue weighted by atomic mass is 32.1. The van der Waals surface area contributed by atoms with Gasteiger partial charge in [0.15, 0.2) is 0 Å². The fourth-order valence-corrected chi connectivity index (χ4v) is 2.05. The van der Waals surface area contributed by atoms with Crippen molar-refractivity contribution in [3.63, 3.8) is 0 Å². The van der Waals surface area contributed by atoms with Crippen LogP contribution in [0.1, 0.15) is 67.7 Å². The summed E-state index contributed by atoms with van der Waals surface area (Å²) in [5, 5.41) is -0.146. The second-order valence-corrected chi connectivity index (χ2v) is 5.01. The van der Waals surface area contributed by atoms with E-state index in [1.807, 2.05) is 41.7 Å². The van der Waals surface area contributed by atoms with Gasteiger partial charge < -0.3 is 4.90 Å². The van der Waals surface area contributed by atoms with E-state index in [1.54, 1.807) is 0 Å². The number of rotatable bonds is 1. The molecule has 0 N–H and O–H groups in total. The summed E-state index contributed by atoms with van der Waals surface area (Å²) in [4.78, 5) is 3.01. The van der Waals surface area contributed by atoms with Gasteiger partial charge >= 0.3 is 0 Å². The van der Waals surface area contributed by atoms with Gasteiger partial charge in [-0.15, -0.1) is 0 Å². The lowest BCUT2D eigenvalue weighted by Gasteiger charge is -2.37. The molecule has 0 amide bonds. The topological polar surface area (TPSA) is 3.24 Å². The first-order valence-electron chi connectivity index (χ1n) is 7.09. The number of hydrogen-bond donors (Lipinski definition) is 0. The molecule has 1 aliphatic carbocycles. The summed E-state index contributed by atoms with van der Waals surface area (Å²) in [7, 11) is 8.25. The van der Waals surface area contributed by atoms with E-state index in [1.165, 1.54) is 11.3 Å². The molecule has 1 unspecified atom stereocenters. The van der Waals surface area contributed by atoms with Crippen LogP contribution in [0.15, 0.2) is 11.3 Å². The Morgan fingerprint density at radius 1 is 1.28 bits per heavy atom. The number of thiocarbonyl (C=S) groups is 1. The van der Waals surface area contributed by atoms with Gasteiger partial charge in [0.1, 0.15) is 0 Å². The van der Waals surface area contributed by atoms with Crippen molar-refractivity contribution in [3.05, 3.63) is 11.3 Å². The van der Waals surface area contributed by atoms with Gasteiger partial charge in [0.05, 0.1) is 12.8 Å². The lowest BCUT2D eigenvalue weighted by molar-refractivity contribution is 0.476. The number of allylic oxidation sites excluding steroid dienone is 2. The first-order valence-corrected chi connectivity index (χ1v) is 7.50. The third-order valence-corrected chi connectivity index (χ3v) is 3.55. The molecule has 0 fully saturated rings. The molecule has 0 bridgehead atoms. The van der Waals surface area contributed by atoms with Crippen molar-refractivity contribution < 1.29 is 0 Å². The van der Waals surface area contributed by atoms with Crippen LogP contribution in [-0.2, 0) is 0 Å². The van der Waals surface area contributed by atoms with E-state index in [4.69, 9.17) is 20.1 Å². The molecule has 18 heavy (non-hydrogen) atoms. The van der Waals surface area contributed by atoms with Crippen LogP contribution < -0.4 is 0 Å². The van der Waals surface area contributed by atoms with Crippen molar-refractivity contribution in [2.75, 3.05) is 7.05 Å². The molecule has 1 atom stereocenters. The normalized spacial score (nSPS) is 22.2. The molecule has 0 heterocycles. The first kappa shape index (κ1) is 20.0. The minimum atomic E-state index is -0.146. The summed E-state index contributed by atoms with van der Waals surface area (Å²) in [6, 6.07) is 0. The molecule has 0 aromatic heterocycles. The molecule has 0 saturated heterocycles. The molecule has 1 nitrogen and oxygen atoms in total. The van der Waals surface area contributed by atoms with Crippen LogP contribution >= 0.6 is 12.2 Å². The van der Waals surface area contributed by atoms with Gasteiger partial charge in [0.2, 0.25) is 0 Å². The fourth-order valence-electron chi connectivity index (χ4n) is 1.94. The molecule has 0 aromatic rings. The molecule has 0 aliphatic heterocycles. The largest absolute Gasteiger partial charge is 0.343 e. The zero-order valence-electron chi connectivity index (χ0n) is 13.6. The average molecular weight is 267 g/mol. The van der Waals surface area contributed by atoms with E-state index in [-0.39, 0.29) is 5.31 Å². The molecular formula is C15H30BNS. The summed E-state index contributed by atoms with van der Waals surface area (Å²) in [5.41, 5.74) is 2.60. The van der Waals surface area contributed by atoms with Crippen LogP contribution in [0.25, 0.3) is 0 Å². The molecule has 0 spiro atoms. The molecule has 3 heteroatoms. The Balaban J connectivity index is 0. The Kier molecular flexibility index (Phi) is 10.7. The lowest BCUT2D eigenvalue weighted by Crippen LogP contribution is -2.28. The summed E-state index contributed by atoms with van der Waals surface area (Å²) >= 11 is 5.18. The van der Waals surface area contributed by atoms with Crippen LogP contribution in [0.4, 0.5) is 0 Å². The third kappa shape index (κ3) is 5.56. The molecule has 1 aliphatic rings. The smallest absolute Gasteiger partial charge is 0.0802 e. The van der Waals surface area contributed by atoms with Crippen molar-refractivity contribution in [2.45, 2.75) is 73.0 Å². The van der Waals surface area contributed by atoms with Crippen molar-refractivity contribution in [1.82, 2.24) is 4.90 Å². The highest BCUT2D eigenvalue weighted by Gasteiger charge is 2.27.